The lowest BCUT2D eigenvalue weighted by Gasteiger charge is -2.15. The Bertz CT molecular complexity index is 972. The highest BCUT2D eigenvalue weighted by atomic mass is 35.5. The smallest absolute Gasteiger partial charge is 0.268 e. The number of amides is 2. The number of hydrogen-bond donors (Lipinski definition) is 0. The van der Waals surface area contributed by atoms with Gasteiger partial charge in [0.15, 0.2) is 11.5 Å². The van der Waals surface area contributed by atoms with Crippen molar-refractivity contribution in [2.45, 2.75) is 31.1 Å². The van der Waals surface area contributed by atoms with E-state index >= 15 is 0 Å². The van der Waals surface area contributed by atoms with Gasteiger partial charge in [-0.05, 0) is 48.4 Å². The van der Waals surface area contributed by atoms with E-state index in [0.29, 0.717) is 39.1 Å². The average molecular weight is 446 g/mol. The lowest BCUT2D eigenvalue weighted by Crippen LogP contribution is -2.32. The van der Waals surface area contributed by atoms with E-state index < -0.39 is 0 Å². The van der Waals surface area contributed by atoms with E-state index in [1.165, 1.54) is 23.8 Å². The maximum atomic E-state index is 13.3. The number of halogens is 1. The molecule has 0 aromatic heterocycles. The quantitative estimate of drug-likeness (QED) is 0.381. The van der Waals surface area contributed by atoms with Gasteiger partial charge in [0, 0.05) is 16.5 Å². The van der Waals surface area contributed by atoms with Crippen molar-refractivity contribution in [3.8, 4) is 11.5 Å². The fourth-order valence-corrected chi connectivity index (χ4v) is 4.38. The topological polar surface area (TPSA) is 55.8 Å². The van der Waals surface area contributed by atoms with E-state index in [2.05, 4.69) is 6.92 Å². The van der Waals surface area contributed by atoms with Crippen molar-refractivity contribution in [1.29, 1.82) is 0 Å². The third-order valence-corrected chi connectivity index (χ3v) is 6.16. The van der Waals surface area contributed by atoms with Crippen LogP contribution in [0.4, 0.5) is 0 Å². The highest BCUT2D eigenvalue weighted by Gasteiger charge is 2.39. The third kappa shape index (κ3) is 4.65. The SMILES string of the molecule is CCCCCN1C(=O)C(Sc2ccc(Cl)cc2)=C(c2ccc(OC)c(OC)c2)C1=O. The van der Waals surface area contributed by atoms with E-state index in [-0.39, 0.29) is 11.8 Å². The molecule has 0 bridgehead atoms. The summed E-state index contributed by atoms with van der Waals surface area (Å²) in [5.41, 5.74) is 1.01. The third-order valence-electron chi connectivity index (χ3n) is 4.82. The zero-order valence-corrected chi connectivity index (χ0v) is 18.8. The summed E-state index contributed by atoms with van der Waals surface area (Å²) in [6.45, 7) is 2.50. The van der Waals surface area contributed by atoms with Crippen molar-refractivity contribution < 1.29 is 19.1 Å². The Labute approximate surface area is 186 Å². The predicted molar refractivity (Wildman–Crippen MR) is 120 cm³/mol. The Hall–Kier alpha value is -2.44. The van der Waals surface area contributed by atoms with Crippen molar-refractivity contribution in [3.05, 3.63) is 58.0 Å². The summed E-state index contributed by atoms with van der Waals surface area (Å²) in [5, 5.41) is 0.614. The van der Waals surface area contributed by atoms with Crippen LogP contribution in [0, 0.1) is 0 Å². The van der Waals surface area contributed by atoms with Crippen LogP contribution in [0.2, 0.25) is 5.02 Å². The molecule has 1 aliphatic rings. The molecule has 0 saturated heterocycles. The molecule has 2 aromatic rings. The fraction of sp³-hybridized carbons (Fsp3) is 0.304. The minimum Gasteiger partial charge on any atom is -0.493 e. The second-order valence-electron chi connectivity index (χ2n) is 6.80. The van der Waals surface area contributed by atoms with Gasteiger partial charge in [0.25, 0.3) is 11.8 Å². The largest absolute Gasteiger partial charge is 0.493 e. The molecule has 1 heterocycles. The minimum absolute atomic E-state index is 0.263. The Morgan fingerprint density at radius 3 is 2.27 bits per heavy atom. The first kappa shape index (κ1) is 22.2. The number of imide groups is 1. The molecule has 0 spiro atoms. The first-order chi connectivity index (χ1) is 14.5. The van der Waals surface area contributed by atoms with Gasteiger partial charge in [-0.3, -0.25) is 14.5 Å². The standard InChI is InChI=1S/C23H24ClNO4S/c1-4-5-6-13-25-22(26)20(15-7-12-18(28-2)19(14-15)29-3)21(23(25)27)30-17-10-8-16(24)9-11-17/h7-12,14H,4-6,13H2,1-3H3. The van der Waals surface area contributed by atoms with E-state index in [0.717, 1.165) is 24.2 Å². The molecule has 0 atom stereocenters. The normalized spacial score (nSPS) is 13.9. The first-order valence-electron chi connectivity index (χ1n) is 9.76. The number of rotatable bonds is 9. The van der Waals surface area contributed by atoms with Gasteiger partial charge >= 0.3 is 0 Å². The molecule has 30 heavy (non-hydrogen) atoms. The van der Waals surface area contributed by atoms with Crippen LogP contribution < -0.4 is 9.47 Å². The van der Waals surface area contributed by atoms with Crippen LogP contribution in [0.1, 0.15) is 31.7 Å². The van der Waals surface area contributed by atoms with Gasteiger partial charge in [-0.15, -0.1) is 0 Å². The van der Waals surface area contributed by atoms with Gasteiger partial charge in [0.1, 0.15) is 0 Å². The molecule has 7 heteroatoms. The Morgan fingerprint density at radius 2 is 1.63 bits per heavy atom. The molecule has 2 amide bonds. The molecular formula is C23H24ClNO4S. The summed E-state index contributed by atoms with van der Waals surface area (Å²) >= 11 is 7.26. The van der Waals surface area contributed by atoms with Gasteiger partial charge in [-0.25, -0.2) is 0 Å². The van der Waals surface area contributed by atoms with Gasteiger partial charge < -0.3 is 9.47 Å². The van der Waals surface area contributed by atoms with Crippen LogP contribution in [0.15, 0.2) is 52.3 Å². The Morgan fingerprint density at radius 1 is 0.933 bits per heavy atom. The summed E-state index contributed by atoms with van der Waals surface area (Å²) in [5.74, 6) is 0.522. The maximum Gasteiger partial charge on any atom is 0.268 e. The lowest BCUT2D eigenvalue weighted by molar-refractivity contribution is -0.136. The van der Waals surface area contributed by atoms with Crippen molar-refractivity contribution in [2.24, 2.45) is 0 Å². The van der Waals surface area contributed by atoms with E-state index in [9.17, 15) is 9.59 Å². The van der Waals surface area contributed by atoms with Gasteiger partial charge in [-0.2, -0.15) is 0 Å². The highest BCUT2D eigenvalue weighted by Crippen LogP contribution is 2.41. The molecule has 3 rings (SSSR count). The molecule has 0 fully saturated rings. The molecule has 0 saturated carbocycles. The first-order valence-corrected chi connectivity index (χ1v) is 11.0. The molecular weight excluding hydrogens is 422 g/mol. The number of benzene rings is 2. The van der Waals surface area contributed by atoms with Crippen molar-refractivity contribution in [1.82, 2.24) is 4.90 Å². The fourth-order valence-electron chi connectivity index (χ4n) is 3.24. The molecule has 0 N–H and O–H groups in total. The lowest BCUT2D eigenvalue weighted by atomic mass is 10.1. The highest BCUT2D eigenvalue weighted by molar-refractivity contribution is 8.04. The van der Waals surface area contributed by atoms with Crippen LogP contribution in [0.5, 0.6) is 11.5 Å². The Kier molecular flexibility index (Phi) is 7.45. The molecule has 158 valence electrons. The van der Waals surface area contributed by atoms with Crippen LogP contribution >= 0.6 is 23.4 Å². The molecule has 0 radical (unpaired) electrons. The number of thioether (sulfide) groups is 1. The zero-order chi connectivity index (χ0) is 21.7. The summed E-state index contributed by atoms with van der Waals surface area (Å²) < 4.78 is 10.7. The monoisotopic (exact) mass is 445 g/mol. The molecule has 1 aliphatic heterocycles. The number of ether oxygens (including phenoxy) is 2. The number of unbranched alkanes of at least 4 members (excludes halogenated alkanes) is 2. The molecule has 0 unspecified atom stereocenters. The van der Waals surface area contributed by atoms with Crippen LogP contribution in [0.25, 0.3) is 5.57 Å². The Balaban J connectivity index is 2.04. The number of methoxy groups -OCH3 is 2. The summed E-state index contributed by atoms with van der Waals surface area (Å²) in [6, 6.07) is 12.5. The second-order valence-corrected chi connectivity index (χ2v) is 8.32. The second kappa shape index (κ2) is 10.0. The number of nitrogens with zero attached hydrogens (tertiary/aromatic N) is 1. The van der Waals surface area contributed by atoms with Crippen molar-refractivity contribution >= 4 is 40.8 Å². The molecule has 5 nitrogen and oxygen atoms in total. The summed E-state index contributed by atoms with van der Waals surface area (Å²) in [6.07, 6.45) is 2.76. The maximum absolute atomic E-state index is 13.3. The van der Waals surface area contributed by atoms with E-state index in [1.54, 1.807) is 37.4 Å². The predicted octanol–water partition coefficient (Wildman–Crippen LogP) is 5.42. The zero-order valence-electron chi connectivity index (χ0n) is 17.2. The average Bonchev–Trinajstić information content (AvgIpc) is 2.99. The molecule has 2 aromatic carbocycles. The van der Waals surface area contributed by atoms with Crippen LogP contribution in [0.3, 0.4) is 0 Å². The summed E-state index contributed by atoms with van der Waals surface area (Å²) in [7, 11) is 3.09. The van der Waals surface area contributed by atoms with Gasteiger partial charge in [0.2, 0.25) is 0 Å². The van der Waals surface area contributed by atoms with Crippen molar-refractivity contribution in [3.63, 3.8) is 0 Å². The van der Waals surface area contributed by atoms with E-state index in [1.807, 2.05) is 12.1 Å². The van der Waals surface area contributed by atoms with Gasteiger partial charge in [-0.1, -0.05) is 49.2 Å². The number of carbonyl (C=O) groups excluding carboxylic acids is 2. The van der Waals surface area contributed by atoms with Crippen molar-refractivity contribution in [2.75, 3.05) is 20.8 Å². The van der Waals surface area contributed by atoms with Crippen LogP contribution in [-0.4, -0.2) is 37.5 Å². The summed E-state index contributed by atoms with van der Waals surface area (Å²) in [4.78, 5) is 29.0. The van der Waals surface area contributed by atoms with Crippen LogP contribution in [-0.2, 0) is 9.59 Å². The van der Waals surface area contributed by atoms with Gasteiger partial charge in [0.05, 0.1) is 24.7 Å². The molecule has 0 aliphatic carbocycles. The number of carbonyl (C=O) groups is 2. The van der Waals surface area contributed by atoms with E-state index in [4.69, 9.17) is 21.1 Å². The minimum atomic E-state index is -0.278. The number of hydrogen-bond acceptors (Lipinski definition) is 5.